The lowest BCUT2D eigenvalue weighted by molar-refractivity contribution is -0.129. The largest absolute Gasteiger partial charge is 0.379 e. The van der Waals surface area contributed by atoms with Crippen LogP contribution in [-0.4, -0.2) is 62.2 Å². The molecule has 0 saturated carbocycles. The zero-order chi connectivity index (χ0) is 17.5. The fraction of sp³-hybridized carbons (Fsp3) is 0.882. The molecule has 6 nitrogen and oxygen atoms in total. The Morgan fingerprint density at radius 2 is 2.04 bits per heavy atom. The second kappa shape index (κ2) is 11.1. The second-order valence-electron chi connectivity index (χ2n) is 7.13. The van der Waals surface area contributed by atoms with Crippen molar-refractivity contribution in [2.45, 2.75) is 59.6 Å². The molecule has 1 aliphatic rings. The van der Waals surface area contributed by atoms with Gasteiger partial charge < -0.3 is 20.3 Å². The van der Waals surface area contributed by atoms with Crippen molar-refractivity contribution in [3.63, 3.8) is 0 Å². The van der Waals surface area contributed by atoms with E-state index in [0.29, 0.717) is 13.0 Å². The number of carbonyl (C=O) groups excluding carboxylic acids is 1. The highest BCUT2D eigenvalue weighted by Crippen LogP contribution is 2.21. The number of guanidine groups is 1. The first-order valence-electron chi connectivity index (χ1n) is 8.67. The molecule has 1 saturated heterocycles. The predicted octanol–water partition coefficient (Wildman–Crippen LogP) is 2.23. The van der Waals surface area contributed by atoms with E-state index in [1.807, 2.05) is 11.8 Å². The molecule has 0 aliphatic carbocycles. The van der Waals surface area contributed by atoms with E-state index in [4.69, 9.17) is 4.74 Å². The third-order valence-corrected chi connectivity index (χ3v) is 4.19. The molecular formula is C17H35IN4O2. The molecule has 1 amide bonds. The summed E-state index contributed by atoms with van der Waals surface area (Å²) < 4.78 is 5.56. The van der Waals surface area contributed by atoms with E-state index in [1.54, 1.807) is 7.11 Å². The number of nitrogens with zero attached hydrogens (tertiary/aromatic N) is 2. The van der Waals surface area contributed by atoms with Crippen LogP contribution in [0.5, 0.6) is 0 Å². The molecule has 0 bridgehead atoms. The zero-order valence-corrected chi connectivity index (χ0v) is 18.3. The summed E-state index contributed by atoms with van der Waals surface area (Å²) >= 11 is 0. The molecule has 0 aromatic heterocycles. The molecule has 2 N–H and O–H groups in total. The SMILES string of the molecule is CCNC(=NCC(OC)C(C)(C)C)NC1CCN(C(=O)CC)C1.I. The molecule has 1 fully saturated rings. The Hall–Kier alpha value is -0.570. The number of ether oxygens (including phenoxy) is 1. The molecule has 0 aromatic rings. The van der Waals surface area contributed by atoms with Gasteiger partial charge in [0.05, 0.1) is 12.6 Å². The normalized spacial score (nSPS) is 19.7. The van der Waals surface area contributed by atoms with E-state index in [2.05, 4.69) is 43.3 Å². The van der Waals surface area contributed by atoms with Gasteiger partial charge in [0.2, 0.25) is 5.91 Å². The molecule has 1 rings (SSSR count). The van der Waals surface area contributed by atoms with E-state index >= 15 is 0 Å². The van der Waals surface area contributed by atoms with Crippen LogP contribution in [0.2, 0.25) is 0 Å². The molecule has 7 heteroatoms. The van der Waals surface area contributed by atoms with Crippen LogP contribution in [0.25, 0.3) is 0 Å². The zero-order valence-electron chi connectivity index (χ0n) is 16.0. The number of likely N-dealkylation sites (tertiary alicyclic amines) is 1. The van der Waals surface area contributed by atoms with Gasteiger partial charge in [0.15, 0.2) is 5.96 Å². The topological polar surface area (TPSA) is 66.0 Å². The van der Waals surface area contributed by atoms with Gasteiger partial charge in [-0.15, -0.1) is 24.0 Å². The maximum atomic E-state index is 11.8. The fourth-order valence-electron chi connectivity index (χ4n) is 2.72. The van der Waals surface area contributed by atoms with Crippen molar-refractivity contribution in [2.75, 3.05) is 33.3 Å². The van der Waals surface area contributed by atoms with Crippen LogP contribution >= 0.6 is 24.0 Å². The predicted molar refractivity (Wildman–Crippen MR) is 110 cm³/mol. The minimum absolute atomic E-state index is 0. The first-order chi connectivity index (χ1) is 10.8. The molecule has 0 aromatic carbocycles. The van der Waals surface area contributed by atoms with Crippen molar-refractivity contribution in [2.24, 2.45) is 10.4 Å². The van der Waals surface area contributed by atoms with Crippen LogP contribution in [0, 0.1) is 5.41 Å². The van der Waals surface area contributed by atoms with Gasteiger partial charge in [-0.3, -0.25) is 9.79 Å². The van der Waals surface area contributed by atoms with Crippen LogP contribution in [0.3, 0.4) is 0 Å². The molecule has 2 unspecified atom stereocenters. The summed E-state index contributed by atoms with van der Waals surface area (Å²) in [4.78, 5) is 18.4. The van der Waals surface area contributed by atoms with E-state index in [-0.39, 0.29) is 47.4 Å². The Balaban J connectivity index is 0.00000529. The fourth-order valence-corrected chi connectivity index (χ4v) is 2.72. The summed E-state index contributed by atoms with van der Waals surface area (Å²) in [5.41, 5.74) is 0.0489. The number of amides is 1. The van der Waals surface area contributed by atoms with Crippen molar-refractivity contribution in [1.82, 2.24) is 15.5 Å². The highest BCUT2D eigenvalue weighted by Gasteiger charge is 2.27. The van der Waals surface area contributed by atoms with Crippen molar-refractivity contribution in [1.29, 1.82) is 0 Å². The molecule has 142 valence electrons. The summed E-state index contributed by atoms with van der Waals surface area (Å²) in [6, 6.07) is 0.263. The lowest BCUT2D eigenvalue weighted by atomic mass is 9.89. The minimum atomic E-state index is 0. The average molecular weight is 454 g/mol. The first-order valence-corrected chi connectivity index (χ1v) is 8.67. The van der Waals surface area contributed by atoms with E-state index in [9.17, 15) is 4.79 Å². The van der Waals surface area contributed by atoms with Gasteiger partial charge in [-0.2, -0.15) is 0 Å². The number of halogens is 1. The monoisotopic (exact) mass is 454 g/mol. The van der Waals surface area contributed by atoms with Gasteiger partial charge in [0, 0.05) is 39.2 Å². The van der Waals surface area contributed by atoms with Crippen LogP contribution < -0.4 is 10.6 Å². The number of aliphatic imine (C=N–C) groups is 1. The van der Waals surface area contributed by atoms with E-state index in [1.165, 1.54) is 0 Å². The lowest BCUT2D eigenvalue weighted by Gasteiger charge is -2.28. The van der Waals surface area contributed by atoms with Gasteiger partial charge >= 0.3 is 0 Å². The maximum absolute atomic E-state index is 11.8. The number of rotatable bonds is 6. The molecular weight excluding hydrogens is 419 g/mol. The van der Waals surface area contributed by atoms with Gasteiger partial charge in [0.25, 0.3) is 0 Å². The van der Waals surface area contributed by atoms with Crippen LogP contribution in [0.1, 0.15) is 47.5 Å². The molecule has 0 spiro atoms. The van der Waals surface area contributed by atoms with Crippen molar-refractivity contribution in [3.8, 4) is 0 Å². The summed E-state index contributed by atoms with van der Waals surface area (Å²) in [6.07, 6.45) is 1.60. The number of carbonyl (C=O) groups is 1. The van der Waals surface area contributed by atoms with Crippen LogP contribution in [0.4, 0.5) is 0 Å². The molecule has 2 atom stereocenters. The van der Waals surface area contributed by atoms with E-state index < -0.39 is 0 Å². The number of hydrogen-bond donors (Lipinski definition) is 2. The van der Waals surface area contributed by atoms with Gasteiger partial charge in [-0.05, 0) is 18.8 Å². The molecule has 1 aliphatic heterocycles. The Kier molecular flexibility index (Phi) is 10.9. The Morgan fingerprint density at radius 3 is 2.54 bits per heavy atom. The first kappa shape index (κ1) is 23.4. The van der Waals surface area contributed by atoms with Crippen LogP contribution in [-0.2, 0) is 9.53 Å². The third kappa shape index (κ3) is 7.55. The van der Waals surface area contributed by atoms with Gasteiger partial charge in [0.1, 0.15) is 0 Å². The van der Waals surface area contributed by atoms with Gasteiger partial charge in [-0.25, -0.2) is 0 Å². The summed E-state index contributed by atoms with van der Waals surface area (Å²) in [6.45, 7) is 13.4. The molecule has 1 heterocycles. The standard InChI is InChI=1S/C17H34N4O2.HI/c1-7-15(22)21-10-9-13(12-21)20-16(18-8-2)19-11-14(23-6)17(3,4)5;/h13-14H,7-12H2,1-6H3,(H2,18,19,20);1H. The van der Waals surface area contributed by atoms with Gasteiger partial charge in [-0.1, -0.05) is 27.7 Å². The Morgan fingerprint density at radius 1 is 1.38 bits per heavy atom. The Labute approximate surface area is 164 Å². The highest BCUT2D eigenvalue weighted by molar-refractivity contribution is 14.0. The van der Waals surface area contributed by atoms with Crippen LogP contribution in [0.15, 0.2) is 4.99 Å². The second-order valence-corrected chi connectivity index (χ2v) is 7.13. The van der Waals surface area contributed by atoms with E-state index in [0.717, 1.165) is 32.0 Å². The minimum Gasteiger partial charge on any atom is -0.379 e. The van der Waals surface area contributed by atoms with Crippen molar-refractivity contribution < 1.29 is 9.53 Å². The lowest BCUT2D eigenvalue weighted by Crippen LogP contribution is -2.45. The number of hydrogen-bond acceptors (Lipinski definition) is 3. The smallest absolute Gasteiger partial charge is 0.222 e. The number of methoxy groups -OCH3 is 1. The summed E-state index contributed by atoms with van der Waals surface area (Å²) in [5, 5.41) is 6.72. The quantitative estimate of drug-likeness (QED) is 0.367. The average Bonchev–Trinajstić information content (AvgIpc) is 2.94. The maximum Gasteiger partial charge on any atom is 0.222 e. The van der Waals surface area contributed by atoms with Crippen molar-refractivity contribution in [3.05, 3.63) is 0 Å². The summed E-state index contributed by atoms with van der Waals surface area (Å²) in [7, 11) is 1.73. The third-order valence-electron chi connectivity index (χ3n) is 4.19. The Bertz CT molecular complexity index is 410. The number of nitrogens with one attached hydrogen (secondary N) is 2. The van der Waals surface area contributed by atoms with Crippen molar-refractivity contribution >= 4 is 35.8 Å². The molecule has 24 heavy (non-hydrogen) atoms. The molecule has 0 radical (unpaired) electrons. The summed E-state index contributed by atoms with van der Waals surface area (Å²) in [5.74, 6) is 1.03. The highest BCUT2D eigenvalue weighted by atomic mass is 127.